The Morgan fingerprint density at radius 2 is 2.09 bits per heavy atom. The Bertz CT molecular complexity index is 1320. The van der Waals surface area contributed by atoms with Crippen LogP contribution in [0.3, 0.4) is 0 Å². The highest BCUT2D eigenvalue weighted by Crippen LogP contribution is 2.22. The number of aromatic nitrogens is 1. The average Bonchev–Trinajstić information content (AvgIpc) is 3.30. The van der Waals surface area contributed by atoms with Crippen LogP contribution >= 0.6 is 0 Å². The fourth-order valence-electron chi connectivity index (χ4n) is 4.13. The second kappa shape index (κ2) is 9.96. The van der Waals surface area contributed by atoms with E-state index in [1.54, 1.807) is 44.4 Å². The SMILES string of the molecule is COCC1CCN(C(=O)c2ccc(N/C=C(\N=N)c3cc4cc(F)c(C)cc4[nH]c3=O)cc2)C1. The molecule has 0 radical (unpaired) electrons. The molecule has 2 aromatic carbocycles. The van der Waals surface area contributed by atoms with Crippen molar-refractivity contribution in [3.05, 3.63) is 81.5 Å². The van der Waals surface area contributed by atoms with Crippen LogP contribution in [-0.4, -0.2) is 42.6 Å². The summed E-state index contributed by atoms with van der Waals surface area (Å²) >= 11 is 0. The molecule has 1 aliphatic heterocycles. The number of carbonyl (C=O) groups is 1. The second-order valence-electron chi connectivity index (χ2n) is 8.43. The Morgan fingerprint density at radius 1 is 1.32 bits per heavy atom. The van der Waals surface area contributed by atoms with Crippen molar-refractivity contribution >= 4 is 28.2 Å². The molecule has 0 spiro atoms. The summed E-state index contributed by atoms with van der Waals surface area (Å²) in [5.74, 6) is -0.0340. The summed E-state index contributed by atoms with van der Waals surface area (Å²) in [5, 5.41) is 6.97. The Balaban J connectivity index is 1.50. The van der Waals surface area contributed by atoms with E-state index in [1.165, 1.54) is 18.3 Å². The number of halogens is 1. The van der Waals surface area contributed by atoms with Gasteiger partial charge < -0.3 is 19.9 Å². The fourth-order valence-corrected chi connectivity index (χ4v) is 4.13. The summed E-state index contributed by atoms with van der Waals surface area (Å²) < 4.78 is 19.2. The van der Waals surface area contributed by atoms with Crippen molar-refractivity contribution in [3.63, 3.8) is 0 Å². The lowest BCUT2D eigenvalue weighted by atomic mass is 10.1. The molecule has 8 nitrogen and oxygen atoms in total. The van der Waals surface area contributed by atoms with Gasteiger partial charge in [-0.3, -0.25) is 9.59 Å². The smallest absolute Gasteiger partial charge is 0.258 e. The minimum Gasteiger partial charge on any atom is -0.384 e. The first-order valence-electron chi connectivity index (χ1n) is 11.0. The van der Waals surface area contributed by atoms with Crippen LogP contribution in [0.2, 0.25) is 0 Å². The van der Waals surface area contributed by atoms with E-state index in [4.69, 9.17) is 10.3 Å². The zero-order valence-electron chi connectivity index (χ0n) is 19.0. The highest BCUT2D eigenvalue weighted by Gasteiger charge is 2.26. The summed E-state index contributed by atoms with van der Waals surface area (Å²) in [7, 11) is 1.67. The number of aromatic amines is 1. The minimum absolute atomic E-state index is 0.0206. The number of amides is 1. The number of fused-ring (bicyclic) bond motifs is 1. The molecule has 1 atom stereocenters. The first-order chi connectivity index (χ1) is 16.4. The molecule has 34 heavy (non-hydrogen) atoms. The molecule has 9 heteroatoms. The number of rotatable bonds is 7. The average molecular weight is 464 g/mol. The zero-order valence-corrected chi connectivity index (χ0v) is 19.0. The van der Waals surface area contributed by atoms with Crippen molar-refractivity contribution in [2.75, 3.05) is 32.1 Å². The van der Waals surface area contributed by atoms with E-state index in [2.05, 4.69) is 15.4 Å². The number of hydrogen-bond acceptors (Lipinski definition) is 6. The number of methoxy groups -OCH3 is 1. The standard InChI is InChI=1S/C25H26FN5O3/c1-15-9-22-18(11-21(15)26)10-20(24(32)29-22)23(30-27)12-28-19-5-3-17(4-6-19)25(33)31-8-7-16(13-31)14-34-2/h3-6,9-12,16,27-28H,7-8,13-14H2,1-2H3,(H,29,32)/b23-12-,30-27?. The second-order valence-corrected chi connectivity index (χ2v) is 8.43. The maximum atomic E-state index is 14.0. The van der Waals surface area contributed by atoms with Gasteiger partial charge >= 0.3 is 0 Å². The number of carbonyl (C=O) groups excluding carboxylic acids is 1. The Kier molecular flexibility index (Phi) is 6.83. The largest absolute Gasteiger partial charge is 0.384 e. The highest BCUT2D eigenvalue weighted by atomic mass is 19.1. The summed E-state index contributed by atoms with van der Waals surface area (Å²) in [4.78, 5) is 29.8. The van der Waals surface area contributed by atoms with Crippen LogP contribution in [0.4, 0.5) is 10.1 Å². The number of benzene rings is 2. The molecular weight excluding hydrogens is 437 g/mol. The van der Waals surface area contributed by atoms with Gasteiger partial charge in [-0.25, -0.2) is 9.92 Å². The topological polar surface area (TPSA) is 111 Å². The predicted molar refractivity (Wildman–Crippen MR) is 128 cm³/mol. The lowest BCUT2D eigenvalue weighted by molar-refractivity contribution is 0.0775. The molecule has 3 aromatic rings. The molecule has 3 N–H and O–H groups in total. The summed E-state index contributed by atoms with van der Waals surface area (Å²) in [6.45, 7) is 3.68. The molecule has 4 rings (SSSR count). The van der Waals surface area contributed by atoms with Crippen molar-refractivity contribution in [1.29, 1.82) is 5.53 Å². The number of nitrogens with zero attached hydrogens (tertiary/aromatic N) is 2. The van der Waals surface area contributed by atoms with E-state index in [0.717, 1.165) is 6.42 Å². The van der Waals surface area contributed by atoms with Crippen LogP contribution in [0.15, 0.2) is 58.6 Å². The number of anilines is 1. The quantitative estimate of drug-likeness (QED) is 0.447. The lowest BCUT2D eigenvalue weighted by Gasteiger charge is -2.16. The summed E-state index contributed by atoms with van der Waals surface area (Å²) in [5.41, 5.74) is 9.50. The van der Waals surface area contributed by atoms with Crippen molar-refractivity contribution in [2.45, 2.75) is 13.3 Å². The van der Waals surface area contributed by atoms with Gasteiger partial charge in [-0.2, -0.15) is 5.11 Å². The summed E-state index contributed by atoms with van der Waals surface area (Å²) in [6.07, 6.45) is 2.37. The number of pyridine rings is 1. The molecule has 1 aromatic heterocycles. The molecule has 1 saturated heterocycles. The van der Waals surface area contributed by atoms with Crippen LogP contribution in [-0.2, 0) is 4.74 Å². The predicted octanol–water partition coefficient (Wildman–Crippen LogP) is 4.53. The molecule has 176 valence electrons. The fraction of sp³-hybridized carbons (Fsp3) is 0.280. The van der Waals surface area contributed by atoms with Crippen LogP contribution < -0.4 is 10.9 Å². The molecule has 2 heterocycles. The van der Waals surface area contributed by atoms with E-state index in [-0.39, 0.29) is 23.0 Å². The highest BCUT2D eigenvalue weighted by molar-refractivity contribution is 5.94. The Labute approximate surface area is 195 Å². The third-order valence-corrected chi connectivity index (χ3v) is 6.00. The lowest BCUT2D eigenvalue weighted by Crippen LogP contribution is -2.29. The van der Waals surface area contributed by atoms with Crippen molar-refractivity contribution < 1.29 is 13.9 Å². The maximum absolute atomic E-state index is 14.0. The third kappa shape index (κ3) is 4.89. The molecule has 1 fully saturated rings. The van der Waals surface area contributed by atoms with Crippen molar-refractivity contribution in [2.24, 2.45) is 11.0 Å². The first kappa shape index (κ1) is 23.3. The van der Waals surface area contributed by atoms with Gasteiger partial charge in [-0.05, 0) is 61.4 Å². The van der Waals surface area contributed by atoms with Crippen LogP contribution in [0.5, 0.6) is 0 Å². The van der Waals surface area contributed by atoms with E-state index in [9.17, 15) is 14.0 Å². The Hall–Kier alpha value is -3.85. The maximum Gasteiger partial charge on any atom is 0.258 e. The van der Waals surface area contributed by atoms with Crippen molar-refractivity contribution in [1.82, 2.24) is 9.88 Å². The Morgan fingerprint density at radius 3 is 2.79 bits per heavy atom. The van der Waals surface area contributed by atoms with Gasteiger partial charge in [0.1, 0.15) is 11.5 Å². The first-order valence-corrected chi connectivity index (χ1v) is 11.0. The number of aryl methyl sites for hydroxylation is 1. The van der Waals surface area contributed by atoms with Gasteiger partial charge in [-0.15, -0.1) is 0 Å². The van der Waals surface area contributed by atoms with Crippen LogP contribution in [0, 0.1) is 24.2 Å². The van der Waals surface area contributed by atoms with E-state index in [0.29, 0.717) is 53.3 Å². The zero-order chi connectivity index (χ0) is 24.2. The van der Waals surface area contributed by atoms with Gasteiger partial charge in [-0.1, -0.05) is 0 Å². The molecular formula is C25H26FN5O3. The molecule has 1 unspecified atom stereocenters. The number of hydrogen-bond donors (Lipinski definition) is 3. The van der Waals surface area contributed by atoms with Crippen molar-refractivity contribution in [3.8, 4) is 0 Å². The van der Waals surface area contributed by atoms with Gasteiger partial charge in [0.2, 0.25) is 0 Å². The molecule has 0 aliphatic carbocycles. The summed E-state index contributed by atoms with van der Waals surface area (Å²) in [6, 6.07) is 11.4. The van der Waals surface area contributed by atoms with E-state index in [1.807, 2.05) is 4.90 Å². The minimum atomic E-state index is -0.430. The number of H-pyrrole nitrogens is 1. The monoisotopic (exact) mass is 463 g/mol. The molecule has 1 aliphatic rings. The molecule has 1 amide bonds. The molecule has 0 bridgehead atoms. The normalized spacial score (nSPS) is 16.1. The van der Waals surface area contributed by atoms with Crippen LogP contribution in [0.1, 0.15) is 27.9 Å². The van der Waals surface area contributed by atoms with Crippen LogP contribution in [0.25, 0.3) is 16.6 Å². The number of nitrogens with one attached hydrogen (secondary N) is 3. The third-order valence-electron chi connectivity index (χ3n) is 6.00. The molecule has 0 saturated carbocycles. The van der Waals surface area contributed by atoms with Gasteiger partial charge in [0.05, 0.1) is 12.2 Å². The van der Waals surface area contributed by atoms with Gasteiger partial charge in [0.25, 0.3) is 11.5 Å². The van der Waals surface area contributed by atoms with E-state index < -0.39 is 5.56 Å². The number of ether oxygens (including phenoxy) is 1. The van der Waals surface area contributed by atoms with E-state index >= 15 is 0 Å². The number of likely N-dealkylation sites (tertiary alicyclic amines) is 1. The van der Waals surface area contributed by atoms with Gasteiger partial charge in [0.15, 0.2) is 0 Å². The van der Waals surface area contributed by atoms with Gasteiger partial charge in [0, 0.05) is 54.5 Å².